The summed E-state index contributed by atoms with van der Waals surface area (Å²) in [7, 11) is 1.94. The average molecular weight is 258 g/mol. The lowest BCUT2D eigenvalue weighted by atomic mass is 10.1. The van der Waals surface area contributed by atoms with Gasteiger partial charge in [-0.2, -0.15) is 0 Å². The molecule has 2 nitrogen and oxygen atoms in total. The Balaban J connectivity index is 2.40. The Morgan fingerprint density at radius 2 is 1.79 bits per heavy atom. The lowest BCUT2D eigenvalue weighted by molar-refractivity contribution is 0.609. The summed E-state index contributed by atoms with van der Waals surface area (Å²) in [4.78, 5) is 1.99. The molecular weight excluding hydrogens is 239 g/mol. The SMILES string of the molecule is Cc1ccc(N(C)c2cccc(F)c2CCN)cc1. The molecule has 0 aliphatic carbocycles. The van der Waals surface area contributed by atoms with Gasteiger partial charge >= 0.3 is 0 Å². The maximum absolute atomic E-state index is 13.9. The highest BCUT2D eigenvalue weighted by atomic mass is 19.1. The molecule has 0 unspecified atom stereocenters. The van der Waals surface area contributed by atoms with E-state index in [9.17, 15) is 4.39 Å². The first-order chi connectivity index (χ1) is 9.13. The van der Waals surface area contributed by atoms with Crippen molar-refractivity contribution in [3.05, 3.63) is 59.4 Å². The number of nitrogens with two attached hydrogens (primary N) is 1. The van der Waals surface area contributed by atoms with Crippen LogP contribution < -0.4 is 10.6 Å². The second-order valence-electron chi connectivity index (χ2n) is 4.67. The number of nitrogens with zero attached hydrogens (tertiary/aromatic N) is 1. The van der Waals surface area contributed by atoms with E-state index in [2.05, 4.69) is 0 Å². The first-order valence-electron chi connectivity index (χ1n) is 6.41. The van der Waals surface area contributed by atoms with Gasteiger partial charge in [-0.1, -0.05) is 23.8 Å². The number of rotatable bonds is 4. The Bertz CT molecular complexity index is 549. The van der Waals surface area contributed by atoms with E-state index in [4.69, 9.17) is 5.73 Å². The first kappa shape index (κ1) is 13.6. The third-order valence-electron chi connectivity index (χ3n) is 3.27. The monoisotopic (exact) mass is 258 g/mol. The topological polar surface area (TPSA) is 29.3 Å². The van der Waals surface area contributed by atoms with Crippen molar-refractivity contribution in [2.24, 2.45) is 5.73 Å². The fourth-order valence-corrected chi connectivity index (χ4v) is 2.16. The number of halogens is 1. The standard InChI is InChI=1S/C16H19FN2/c1-12-6-8-13(9-7-12)19(2)16-5-3-4-15(17)14(16)10-11-18/h3-9H,10-11,18H2,1-2H3. The highest BCUT2D eigenvalue weighted by molar-refractivity contribution is 5.66. The minimum absolute atomic E-state index is 0.193. The number of hydrogen-bond donors (Lipinski definition) is 1. The van der Waals surface area contributed by atoms with Crippen molar-refractivity contribution in [1.82, 2.24) is 0 Å². The van der Waals surface area contributed by atoms with Crippen LogP contribution in [0.1, 0.15) is 11.1 Å². The number of benzene rings is 2. The fraction of sp³-hybridized carbons (Fsp3) is 0.250. The van der Waals surface area contributed by atoms with Gasteiger partial charge in [0.05, 0.1) is 0 Å². The third-order valence-corrected chi connectivity index (χ3v) is 3.27. The van der Waals surface area contributed by atoms with Gasteiger partial charge < -0.3 is 10.6 Å². The number of hydrogen-bond acceptors (Lipinski definition) is 2. The lowest BCUT2D eigenvalue weighted by Gasteiger charge is -2.23. The smallest absolute Gasteiger partial charge is 0.128 e. The Labute approximate surface area is 113 Å². The largest absolute Gasteiger partial charge is 0.344 e. The summed E-state index contributed by atoms with van der Waals surface area (Å²) in [5.74, 6) is -0.193. The highest BCUT2D eigenvalue weighted by Crippen LogP contribution is 2.29. The molecule has 0 aliphatic rings. The van der Waals surface area contributed by atoms with Crippen LogP contribution in [0, 0.1) is 12.7 Å². The predicted octanol–water partition coefficient (Wildman–Crippen LogP) is 3.40. The van der Waals surface area contributed by atoms with Gasteiger partial charge in [-0.3, -0.25) is 0 Å². The van der Waals surface area contributed by atoms with Gasteiger partial charge in [0.1, 0.15) is 5.82 Å². The van der Waals surface area contributed by atoms with Crippen molar-refractivity contribution in [2.75, 3.05) is 18.5 Å². The Morgan fingerprint density at radius 1 is 1.11 bits per heavy atom. The molecule has 0 aliphatic heterocycles. The second kappa shape index (κ2) is 5.85. The van der Waals surface area contributed by atoms with E-state index in [0.29, 0.717) is 18.5 Å². The molecule has 0 fully saturated rings. The van der Waals surface area contributed by atoms with Crippen LogP contribution in [0.2, 0.25) is 0 Å². The minimum atomic E-state index is -0.193. The van der Waals surface area contributed by atoms with E-state index >= 15 is 0 Å². The van der Waals surface area contributed by atoms with Crippen molar-refractivity contribution < 1.29 is 4.39 Å². The van der Waals surface area contributed by atoms with E-state index in [1.165, 1.54) is 11.6 Å². The molecule has 0 saturated carbocycles. The summed E-state index contributed by atoms with van der Waals surface area (Å²) in [6.45, 7) is 2.49. The Hall–Kier alpha value is -1.87. The van der Waals surface area contributed by atoms with E-state index in [1.54, 1.807) is 6.07 Å². The van der Waals surface area contributed by atoms with E-state index in [0.717, 1.165) is 11.4 Å². The Kier molecular flexibility index (Phi) is 4.17. The molecule has 0 heterocycles. The minimum Gasteiger partial charge on any atom is -0.344 e. The molecule has 2 aromatic carbocycles. The molecule has 0 atom stereocenters. The summed E-state index contributed by atoms with van der Waals surface area (Å²) in [5, 5.41) is 0. The van der Waals surface area contributed by atoms with E-state index < -0.39 is 0 Å². The zero-order chi connectivity index (χ0) is 13.8. The van der Waals surface area contributed by atoms with Crippen LogP contribution in [-0.2, 0) is 6.42 Å². The highest BCUT2D eigenvalue weighted by Gasteiger charge is 2.12. The normalized spacial score (nSPS) is 10.5. The maximum Gasteiger partial charge on any atom is 0.128 e. The molecule has 2 N–H and O–H groups in total. The number of aryl methyl sites for hydroxylation is 1. The van der Waals surface area contributed by atoms with Crippen molar-refractivity contribution in [3.8, 4) is 0 Å². The van der Waals surface area contributed by atoms with Crippen molar-refractivity contribution >= 4 is 11.4 Å². The molecule has 0 radical (unpaired) electrons. The van der Waals surface area contributed by atoms with Crippen molar-refractivity contribution in [2.45, 2.75) is 13.3 Å². The second-order valence-corrected chi connectivity index (χ2v) is 4.67. The third kappa shape index (κ3) is 2.93. The Morgan fingerprint density at radius 3 is 2.42 bits per heavy atom. The average Bonchev–Trinajstić information content (AvgIpc) is 2.41. The molecule has 3 heteroatoms. The predicted molar refractivity (Wildman–Crippen MR) is 78.4 cm³/mol. The summed E-state index contributed by atoms with van der Waals surface area (Å²) in [6, 6.07) is 13.3. The molecule has 0 bridgehead atoms. The summed E-state index contributed by atoms with van der Waals surface area (Å²) in [5.41, 5.74) is 9.36. The van der Waals surface area contributed by atoms with Crippen molar-refractivity contribution in [1.29, 1.82) is 0 Å². The molecule has 2 aromatic rings. The van der Waals surface area contributed by atoms with Crippen LogP contribution in [0.5, 0.6) is 0 Å². The quantitative estimate of drug-likeness (QED) is 0.910. The molecule has 0 spiro atoms. The van der Waals surface area contributed by atoms with E-state index in [-0.39, 0.29) is 5.82 Å². The van der Waals surface area contributed by atoms with Gasteiger partial charge in [0, 0.05) is 24.0 Å². The molecule has 0 aromatic heterocycles. The van der Waals surface area contributed by atoms with Crippen LogP contribution in [0.15, 0.2) is 42.5 Å². The zero-order valence-electron chi connectivity index (χ0n) is 11.4. The van der Waals surface area contributed by atoms with Crippen molar-refractivity contribution in [3.63, 3.8) is 0 Å². The summed E-state index contributed by atoms with van der Waals surface area (Å²) >= 11 is 0. The van der Waals surface area contributed by atoms with Crippen LogP contribution in [0.25, 0.3) is 0 Å². The van der Waals surface area contributed by atoms with Gasteiger partial charge in [-0.25, -0.2) is 4.39 Å². The van der Waals surface area contributed by atoms with Gasteiger partial charge in [0.15, 0.2) is 0 Å². The molecule has 0 saturated heterocycles. The van der Waals surface area contributed by atoms with Gasteiger partial charge in [0.2, 0.25) is 0 Å². The molecule has 100 valence electrons. The molecule has 19 heavy (non-hydrogen) atoms. The van der Waals surface area contributed by atoms with Gasteiger partial charge in [0.25, 0.3) is 0 Å². The lowest BCUT2D eigenvalue weighted by Crippen LogP contribution is -2.15. The molecule has 0 amide bonds. The zero-order valence-corrected chi connectivity index (χ0v) is 11.4. The maximum atomic E-state index is 13.9. The van der Waals surface area contributed by atoms with Crippen LogP contribution in [-0.4, -0.2) is 13.6 Å². The summed E-state index contributed by atoms with van der Waals surface area (Å²) in [6.07, 6.45) is 0.540. The van der Waals surface area contributed by atoms with Gasteiger partial charge in [-0.05, 0) is 44.2 Å². The van der Waals surface area contributed by atoms with Crippen LogP contribution in [0.4, 0.5) is 15.8 Å². The van der Waals surface area contributed by atoms with Crippen LogP contribution in [0.3, 0.4) is 0 Å². The van der Waals surface area contributed by atoms with Gasteiger partial charge in [-0.15, -0.1) is 0 Å². The molecular formula is C16H19FN2. The first-order valence-corrected chi connectivity index (χ1v) is 6.41. The van der Waals surface area contributed by atoms with E-state index in [1.807, 2.05) is 49.2 Å². The summed E-state index contributed by atoms with van der Waals surface area (Å²) < 4.78 is 13.9. The number of anilines is 2. The van der Waals surface area contributed by atoms with Crippen LogP contribution >= 0.6 is 0 Å². The molecule has 2 rings (SSSR count). The fourth-order valence-electron chi connectivity index (χ4n) is 2.16.